The molecular formula is C22H25NO2S. The quantitative estimate of drug-likeness (QED) is 0.557. The van der Waals surface area contributed by atoms with Gasteiger partial charge in [-0.05, 0) is 19.4 Å². The summed E-state index contributed by atoms with van der Waals surface area (Å²) in [6.45, 7) is 6.08. The number of carbonyl (C=O) groups is 1. The zero-order chi connectivity index (χ0) is 18.7. The highest BCUT2D eigenvalue weighted by molar-refractivity contribution is 7.84. The topological polar surface area (TPSA) is 39.1 Å². The van der Waals surface area contributed by atoms with Gasteiger partial charge in [0.15, 0.2) is 5.78 Å². The maximum absolute atomic E-state index is 13.2. The van der Waals surface area contributed by atoms with Gasteiger partial charge in [-0.25, -0.2) is 0 Å². The minimum atomic E-state index is -0.852. The first-order valence-electron chi connectivity index (χ1n) is 9.12. The lowest BCUT2D eigenvalue weighted by molar-refractivity contribution is 0.103. The first-order valence-corrected chi connectivity index (χ1v) is 10.6. The van der Waals surface area contributed by atoms with Crippen LogP contribution in [0.25, 0.3) is 10.9 Å². The Balaban J connectivity index is 2.18. The van der Waals surface area contributed by atoms with Crippen molar-refractivity contribution in [3.63, 3.8) is 0 Å². The fourth-order valence-corrected chi connectivity index (χ4v) is 4.64. The summed E-state index contributed by atoms with van der Waals surface area (Å²) < 4.78 is 14.4. The van der Waals surface area contributed by atoms with E-state index in [1.54, 1.807) is 0 Å². The molecule has 0 N–H and O–H groups in total. The molecule has 0 radical (unpaired) electrons. The van der Waals surface area contributed by atoms with Crippen LogP contribution in [0, 0.1) is 6.92 Å². The fraction of sp³-hybridized carbons (Fsp3) is 0.318. The van der Waals surface area contributed by atoms with E-state index >= 15 is 0 Å². The normalized spacial score (nSPS) is 13.7. The number of aromatic nitrogens is 1. The lowest BCUT2D eigenvalue weighted by atomic mass is 10.0. The molecule has 0 fully saturated rings. The van der Waals surface area contributed by atoms with E-state index in [1.165, 1.54) is 0 Å². The van der Waals surface area contributed by atoms with Crippen molar-refractivity contribution >= 4 is 27.5 Å². The van der Waals surface area contributed by atoms with Crippen molar-refractivity contribution in [3.8, 4) is 0 Å². The first-order chi connectivity index (χ1) is 12.6. The Morgan fingerprint density at radius 3 is 2.35 bits per heavy atom. The third-order valence-corrected chi connectivity index (χ3v) is 6.36. The molecule has 0 spiro atoms. The third-order valence-electron chi connectivity index (χ3n) is 4.96. The summed E-state index contributed by atoms with van der Waals surface area (Å²) >= 11 is 0. The monoisotopic (exact) mass is 367 g/mol. The van der Waals surface area contributed by atoms with Gasteiger partial charge in [0.05, 0.1) is 5.56 Å². The van der Waals surface area contributed by atoms with E-state index in [9.17, 15) is 9.00 Å². The SMILES string of the molecule is CCC(CS(=O)CC)n1c(C)c(C(=O)c2ccccc2)c2ccccc21. The molecule has 26 heavy (non-hydrogen) atoms. The Kier molecular flexibility index (Phi) is 5.72. The summed E-state index contributed by atoms with van der Waals surface area (Å²) in [5.74, 6) is 1.32. The van der Waals surface area contributed by atoms with Crippen LogP contribution in [0.1, 0.15) is 47.9 Å². The predicted molar refractivity (Wildman–Crippen MR) is 109 cm³/mol. The third kappa shape index (κ3) is 3.38. The number of nitrogens with zero attached hydrogens (tertiary/aromatic N) is 1. The van der Waals surface area contributed by atoms with Crippen molar-refractivity contribution < 1.29 is 9.00 Å². The van der Waals surface area contributed by atoms with Gasteiger partial charge in [0.25, 0.3) is 0 Å². The molecular weight excluding hydrogens is 342 g/mol. The number of hydrogen-bond acceptors (Lipinski definition) is 2. The highest BCUT2D eigenvalue weighted by Gasteiger charge is 2.24. The molecule has 0 aliphatic carbocycles. The molecule has 2 unspecified atom stereocenters. The molecule has 0 aliphatic heterocycles. The van der Waals surface area contributed by atoms with Crippen molar-refractivity contribution in [1.29, 1.82) is 0 Å². The summed E-state index contributed by atoms with van der Waals surface area (Å²) in [4.78, 5) is 13.2. The molecule has 0 saturated carbocycles. The number of fused-ring (bicyclic) bond motifs is 1. The van der Waals surface area contributed by atoms with Crippen LogP contribution in [-0.4, -0.2) is 26.1 Å². The average molecular weight is 368 g/mol. The molecule has 3 aromatic rings. The molecule has 0 saturated heterocycles. The second-order valence-corrected chi connectivity index (χ2v) is 8.29. The molecule has 0 aliphatic rings. The van der Waals surface area contributed by atoms with E-state index < -0.39 is 10.8 Å². The van der Waals surface area contributed by atoms with Crippen LogP contribution in [0.4, 0.5) is 0 Å². The van der Waals surface area contributed by atoms with Crippen LogP contribution in [-0.2, 0) is 10.8 Å². The molecule has 1 heterocycles. The molecule has 1 aromatic heterocycles. The van der Waals surface area contributed by atoms with E-state index in [-0.39, 0.29) is 11.8 Å². The maximum Gasteiger partial charge on any atom is 0.195 e. The Labute approximate surface area is 157 Å². The number of ketones is 1. The maximum atomic E-state index is 13.2. The van der Waals surface area contributed by atoms with Crippen LogP contribution >= 0.6 is 0 Å². The van der Waals surface area contributed by atoms with E-state index in [1.807, 2.05) is 62.4 Å². The minimum Gasteiger partial charge on any atom is -0.340 e. The number of carbonyl (C=O) groups excluding carboxylic acids is 1. The van der Waals surface area contributed by atoms with Crippen molar-refractivity contribution in [2.45, 2.75) is 33.2 Å². The number of benzene rings is 2. The van der Waals surface area contributed by atoms with E-state index in [0.29, 0.717) is 17.1 Å². The van der Waals surface area contributed by atoms with Gasteiger partial charge in [0, 0.05) is 50.5 Å². The number of para-hydroxylation sites is 1. The average Bonchev–Trinajstić information content (AvgIpc) is 2.98. The highest BCUT2D eigenvalue weighted by Crippen LogP contribution is 2.32. The highest BCUT2D eigenvalue weighted by atomic mass is 32.2. The second kappa shape index (κ2) is 8.00. The summed E-state index contributed by atoms with van der Waals surface area (Å²) in [6, 6.07) is 17.6. The Morgan fingerprint density at radius 2 is 1.69 bits per heavy atom. The molecule has 0 amide bonds. The van der Waals surface area contributed by atoms with Gasteiger partial charge in [-0.2, -0.15) is 0 Å². The molecule has 2 aromatic carbocycles. The molecule has 3 rings (SSSR count). The molecule has 2 atom stereocenters. The van der Waals surface area contributed by atoms with Gasteiger partial charge >= 0.3 is 0 Å². The molecule has 136 valence electrons. The van der Waals surface area contributed by atoms with Gasteiger partial charge in [-0.1, -0.05) is 62.4 Å². The van der Waals surface area contributed by atoms with Crippen LogP contribution in [0.3, 0.4) is 0 Å². The Morgan fingerprint density at radius 1 is 1.04 bits per heavy atom. The van der Waals surface area contributed by atoms with Gasteiger partial charge in [-0.15, -0.1) is 0 Å². The van der Waals surface area contributed by atoms with Crippen molar-refractivity contribution in [3.05, 3.63) is 71.4 Å². The zero-order valence-electron chi connectivity index (χ0n) is 15.6. The van der Waals surface area contributed by atoms with Gasteiger partial charge in [0.2, 0.25) is 0 Å². The van der Waals surface area contributed by atoms with Gasteiger partial charge in [-0.3, -0.25) is 9.00 Å². The summed E-state index contributed by atoms with van der Waals surface area (Å²) in [7, 11) is -0.852. The number of rotatable bonds is 7. The predicted octanol–water partition coefficient (Wildman–Crippen LogP) is 4.90. The van der Waals surface area contributed by atoms with Crippen molar-refractivity contribution in [2.24, 2.45) is 0 Å². The largest absolute Gasteiger partial charge is 0.340 e. The minimum absolute atomic E-state index is 0.0458. The standard InChI is InChI=1S/C22H25NO2S/c1-4-18(15-26(25)5-2)23-16(3)21(19-13-9-10-14-20(19)23)22(24)17-11-7-6-8-12-17/h6-14,18H,4-5,15H2,1-3H3. The van der Waals surface area contributed by atoms with Crippen molar-refractivity contribution in [2.75, 3.05) is 11.5 Å². The Hall–Kier alpha value is -2.20. The summed E-state index contributed by atoms with van der Waals surface area (Å²) in [5.41, 5.74) is 3.46. The molecule has 3 nitrogen and oxygen atoms in total. The zero-order valence-corrected chi connectivity index (χ0v) is 16.4. The number of hydrogen-bond donors (Lipinski definition) is 0. The van der Waals surface area contributed by atoms with E-state index in [2.05, 4.69) is 17.6 Å². The van der Waals surface area contributed by atoms with E-state index in [0.717, 1.165) is 28.6 Å². The Bertz CT molecular complexity index is 943. The van der Waals surface area contributed by atoms with Gasteiger partial charge < -0.3 is 4.57 Å². The first kappa shape index (κ1) is 18.6. The van der Waals surface area contributed by atoms with E-state index in [4.69, 9.17) is 0 Å². The smallest absolute Gasteiger partial charge is 0.195 e. The lowest BCUT2D eigenvalue weighted by Crippen LogP contribution is -2.18. The van der Waals surface area contributed by atoms with Crippen LogP contribution in [0.5, 0.6) is 0 Å². The van der Waals surface area contributed by atoms with Crippen LogP contribution in [0.15, 0.2) is 54.6 Å². The molecule has 4 heteroatoms. The van der Waals surface area contributed by atoms with Crippen molar-refractivity contribution in [1.82, 2.24) is 4.57 Å². The fourth-order valence-electron chi connectivity index (χ4n) is 3.59. The lowest BCUT2D eigenvalue weighted by Gasteiger charge is -2.20. The molecule has 0 bridgehead atoms. The summed E-state index contributed by atoms with van der Waals surface area (Å²) in [6.07, 6.45) is 0.879. The van der Waals surface area contributed by atoms with Crippen LogP contribution < -0.4 is 0 Å². The summed E-state index contributed by atoms with van der Waals surface area (Å²) in [5, 5.41) is 0.972. The second-order valence-electron chi connectivity index (χ2n) is 6.50. The van der Waals surface area contributed by atoms with Crippen LogP contribution in [0.2, 0.25) is 0 Å². The van der Waals surface area contributed by atoms with Gasteiger partial charge in [0.1, 0.15) is 0 Å².